The maximum atomic E-state index is 12.5. The standard InChI is InChI=1S/C20H15N3O3S2/c1-23-19(24)14-4-2-3-5-15(14)22-20(23)28-10-13-9-27-18(21-13)12-6-7-16-17(8-12)26-11-25-16/h2-9H,10-11H2,1H3. The Hall–Kier alpha value is -2.84. The molecule has 5 rings (SSSR count). The molecule has 2 aromatic carbocycles. The predicted octanol–water partition coefficient (Wildman–Crippen LogP) is 4.08. The summed E-state index contributed by atoms with van der Waals surface area (Å²) in [6.45, 7) is 0.260. The van der Waals surface area contributed by atoms with Crippen molar-refractivity contribution in [1.29, 1.82) is 0 Å². The average Bonchev–Trinajstić information content (AvgIpc) is 3.38. The molecule has 2 aromatic heterocycles. The summed E-state index contributed by atoms with van der Waals surface area (Å²) in [5.74, 6) is 2.15. The molecule has 0 bridgehead atoms. The van der Waals surface area contributed by atoms with Gasteiger partial charge in [-0.05, 0) is 30.3 Å². The van der Waals surface area contributed by atoms with Gasteiger partial charge in [0.05, 0.1) is 16.6 Å². The molecule has 0 saturated carbocycles. The zero-order valence-electron chi connectivity index (χ0n) is 14.9. The summed E-state index contributed by atoms with van der Waals surface area (Å²) in [5, 5.41) is 4.27. The lowest BCUT2D eigenvalue weighted by atomic mass is 10.2. The minimum Gasteiger partial charge on any atom is -0.454 e. The van der Waals surface area contributed by atoms with Gasteiger partial charge in [0.2, 0.25) is 6.79 Å². The zero-order valence-corrected chi connectivity index (χ0v) is 16.5. The molecule has 0 unspecified atom stereocenters. The Kier molecular flexibility index (Phi) is 4.29. The Labute approximate surface area is 168 Å². The smallest absolute Gasteiger partial charge is 0.261 e. The molecule has 0 saturated heterocycles. The van der Waals surface area contributed by atoms with Crippen molar-refractivity contribution in [3.05, 3.63) is 63.9 Å². The quantitative estimate of drug-likeness (QED) is 0.374. The van der Waals surface area contributed by atoms with Crippen LogP contribution in [0.5, 0.6) is 11.5 Å². The van der Waals surface area contributed by atoms with E-state index in [9.17, 15) is 4.79 Å². The molecule has 3 heterocycles. The summed E-state index contributed by atoms with van der Waals surface area (Å²) in [5.41, 5.74) is 2.63. The van der Waals surface area contributed by atoms with Crippen molar-refractivity contribution >= 4 is 34.0 Å². The number of fused-ring (bicyclic) bond motifs is 2. The van der Waals surface area contributed by atoms with E-state index in [4.69, 9.17) is 14.5 Å². The topological polar surface area (TPSA) is 66.2 Å². The number of thiazole rings is 1. The van der Waals surface area contributed by atoms with Gasteiger partial charge in [0.25, 0.3) is 5.56 Å². The van der Waals surface area contributed by atoms with Crippen LogP contribution < -0.4 is 15.0 Å². The second-order valence-corrected chi connectivity index (χ2v) is 8.08. The van der Waals surface area contributed by atoms with Gasteiger partial charge in [-0.2, -0.15) is 0 Å². The van der Waals surface area contributed by atoms with Crippen LogP contribution in [0.2, 0.25) is 0 Å². The van der Waals surface area contributed by atoms with E-state index in [1.807, 2.05) is 41.8 Å². The van der Waals surface area contributed by atoms with Gasteiger partial charge < -0.3 is 9.47 Å². The monoisotopic (exact) mass is 409 g/mol. The normalized spacial score (nSPS) is 12.6. The molecule has 1 aliphatic rings. The lowest BCUT2D eigenvalue weighted by Crippen LogP contribution is -2.19. The minimum atomic E-state index is -0.0348. The maximum absolute atomic E-state index is 12.5. The van der Waals surface area contributed by atoms with Crippen molar-refractivity contribution in [2.45, 2.75) is 10.9 Å². The summed E-state index contributed by atoms with van der Waals surface area (Å²) in [7, 11) is 1.75. The largest absolute Gasteiger partial charge is 0.454 e. The van der Waals surface area contributed by atoms with Crippen molar-refractivity contribution in [1.82, 2.24) is 14.5 Å². The molecule has 0 fully saturated rings. The highest BCUT2D eigenvalue weighted by atomic mass is 32.2. The highest BCUT2D eigenvalue weighted by molar-refractivity contribution is 7.98. The Morgan fingerprint density at radius 3 is 2.93 bits per heavy atom. The zero-order chi connectivity index (χ0) is 19.1. The van der Waals surface area contributed by atoms with E-state index in [2.05, 4.69) is 4.98 Å². The van der Waals surface area contributed by atoms with Crippen LogP contribution in [0.3, 0.4) is 0 Å². The molecule has 28 heavy (non-hydrogen) atoms. The van der Waals surface area contributed by atoms with E-state index in [1.165, 1.54) is 11.8 Å². The van der Waals surface area contributed by atoms with Gasteiger partial charge in [0.15, 0.2) is 16.7 Å². The highest BCUT2D eigenvalue weighted by Crippen LogP contribution is 2.37. The van der Waals surface area contributed by atoms with Gasteiger partial charge in [-0.15, -0.1) is 11.3 Å². The number of aromatic nitrogens is 3. The van der Waals surface area contributed by atoms with Crippen LogP contribution in [0.25, 0.3) is 21.5 Å². The lowest BCUT2D eigenvalue weighted by molar-refractivity contribution is 0.174. The molecule has 0 N–H and O–H groups in total. The van der Waals surface area contributed by atoms with Gasteiger partial charge in [-0.3, -0.25) is 9.36 Å². The number of para-hydroxylation sites is 1. The minimum absolute atomic E-state index is 0.0348. The predicted molar refractivity (Wildman–Crippen MR) is 110 cm³/mol. The van der Waals surface area contributed by atoms with Gasteiger partial charge in [-0.25, -0.2) is 9.97 Å². The third-order valence-corrected chi connectivity index (χ3v) is 6.47. The van der Waals surface area contributed by atoms with Crippen molar-refractivity contribution in [2.24, 2.45) is 7.05 Å². The van der Waals surface area contributed by atoms with Gasteiger partial charge in [0, 0.05) is 23.7 Å². The van der Waals surface area contributed by atoms with Gasteiger partial charge >= 0.3 is 0 Å². The number of nitrogens with zero attached hydrogens (tertiary/aromatic N) is 3. The van der Waals surface area contributed by atoms with Crippen LogP contribution in [0.4, 0.5) is 0 Å². The summed E-state index contributed by atoms with van der Waals surface area (Å²) < 4.78 is 12.4. The molecular formula is C20H15N3O3S2. The van der Waals surface area contributed by atoms with Gasteiger partial charge in [-0.1, -0.05) is 23.9 Å². The van der Waals surface area contributed by atoms with Crippen LogP contribution in [-0.4, -0.2) is 21.3 Å². The average molecular weight is 409 g/mol. The third kappa shape index (κ3) is 3.04. The second kappa shape index (κ2) is 6.96. The van der Waals surface area contributed by atoms with E-state index in [0.717, 1.165) is 27.8 Å². The summed E-state index contributed by atoms with van der Waals surface area (Å²) in [6, 6.07) is 13.2. The fourth-order valence-corrected chi connectivity index (χ4v) is 4.79. The van der Waals surface area contributed by atoms with Crippen molar-refractivity contribution in [3.63, 3.8) is 0 Å². The van der Waals surface area contributed by atoms with Crippen molar-refractivity contribution in [2.75, 3.05) is 6.79 Å². The number of rotatable bonds is 4. The molecule has 0 spiro atoms. The van der Waals surface area contributed by atoms with E-state index >= 15 is 0 Å². The van der Waals surface area contributed by atoms with Crippen molar-refractivity contribution < 1.29 is 9.47 Å². The molecule has 6 nitrogen and oxygen atoms in total. The third-order valence-electron chi connectivity index (χ3n) is 4.46. The number of benzene rings is 2. The molecule has 4 aromatic rings. The number of thioether (sulfide) groups is 1. The number of hydrogen-bond donors (Lipinski definition) is 0. The molecule has 1 aliphatic heterocycles. The van der Waals surface area contributed by atoms with Crippen LogP contribution in [0.1, 0.15) is 5.69 Å². The Morgan fingerprint density at radius 2 is 2.00 bits per heavy atom. The summed E-state index contributed by atoms with van der Waals surface area (Å²) in [4.78, 5) is 21.9. The second-order valence-electron chi connectivity index (χ2n) is 6.28. The SMILES string of the molecule is Cn1c(SCc2csc(-c3ccc4c(c3)OCO4)n2)nc2ccccc2c1=O. The van der Waals surface area contributed by atoms with Crippen LogP contribution in [0, 0.1) is 0 Å². The molecule has 8 heteroatoms. The first-order valence-electron chi connectivity index (χ1n) is 8.62. The van der Waals surface area contributed by atoms with E-state index in [1.54, 1.807) is 29.0 Å². The summed E-state index contributed by atoms with van der Waals surface area (Å²) in [6.07, 6.45) is 0. The van der Waals surface area contributed by atoms with E-state index < -0.39 is 0 Å². The summed E-state index contributed by atoms with van der Waals surface area (Å²) >= 11 is 3.09. The van der Waals surface area contributed by atoms with Crippen molar-refractivity contribution in [3.8, 4) is 22.1 Å². The molecule has 0 aliphatic carbocycles. The maximum Gasteiger partial charge on any atom is 0.261 e. The number of ether oxygens (including phenoxy) is 2. The van der Waals surface area contributed by atoms with E-state index in [-0.39, 0.29) is 12.4 Å². The molecular weight excluding hydrogens is 394 g/mol. The van der Waals surface area contributed by atoms with Gasteiger partial charge in [0.1, 0.15) is 5.01 Å². The fourth-order valence-electron chi connectivity index (χ4n) is 3.00. The Balaban J connectivity index is 1.38. The number of hydrogen-bond acceptors (Lipinski definition) is 7. The highest BCUT2D eigenvalue weighted by Gasteiger charge is 2.16. The first-order valence-corrected chi connectivity index (χ1v) is 10.5. The first kappa shape index (κ1) is 17.3. The Morgan fingerprint density at radius 1 is 1.14 bits per heavy atom. The Bertz CT molecular complexity index is 1250. The van der Waals surface area contributed by atoms with Crippen LogP contribution >= 0.6 is 23.1 Å². The van der Waals surface area contributed by atoms with Crippen LogP contribution in [0.15, 0.2) is 57.8 Å². The molecule has 0 radical (unpaired) electrons. The molecule has 140 valence electrons. The fraction of sp³-hybridized carbons (Fsp3) is 0.150. The van der Waals surface area contributed by atoms with Crippen LogP contribution in [-0.2, 0) is 12.8 Å². The van der Waals surface area contributed by atoms with E-state index in [0.29, 0.717) is 21.8 Å². The molecule has 0 atom stereocenters. The lowest BCUT2D eigenvalue weighted by Gasteiger charge is -2.07. The first-order chi connectivity index (χ1) is 13.7. The molecule has 0 amide bonds.